The van der Waals surface area contributed by atoms with Crippen LogP contribution < -0.4 is 0 Å². The molecule has 0 N–H and O–H groups in total. The number of carbonyl (C=O) groups excluding carboxylic acids is 1. The Morgan fingerprint density at radius 1 is 1.33 bits per heavy atom. The van der Waals surface area contributed by atoms with E-state index < -0.39 is 0 Å². The summed E-state index contributed by atoms with van der Waals surface area (Å²) in [5.41, 5.74) is 0.514. The van der Waals surface area contributed by atoms with Crippen LogP contribution >= 0.6 is 0 Å². The maximum atomic E-state index is 11.6. The van der Waals surface area contributed by atoms with Crippen LogP contribution in [0.3, 0.4) is 0 Å². The molecule has 2 aliphatic rings. The van der Waals surface area contributed by atoms with Gasteiger partial charge in [-0.1, -0.05) is 13.8 Å². The number of urea groups is 1. The average molecular weight is 210 g/mol. The molecule has 0 aromatic heterocycles. The van der Waals surface area contributed by atoms with Gasteiger partial charge in [-0.15, -0.1) is 0 Å². The summed E-state index contributed by atoms with van der Waals surface area (Å²) in [7, 11) is 3.65. The predicted molar refractivity (Wildman–Crippen MR) is 60.7 cm³/mol. The summed E-state index contributed by atoms with van der Waals surface area (Å²) in [5, 5.41) is 0. The summed E-state index contributed by atoms with van der Waals surface area (Å²) >= 11 is 0. The fourth-order valence-electron chi connectivity index (χ4n) is 2.96. The first-order chi connectivity index (χ1) is 6.93. The van der Waals surface area contributed by atoms with E-state index in [1.54, 1.807) is 4.90 Å². The minimum Gasteiger partial charge on any atom is -0.331 e. The van der Waals surface area contributed by atoms with Crippen LogP contribution in [0.1, 0.15) is 26.7 Å². The molecule has 0 bridgehead atoms. The molecule has 2 fully saturated rings. The van der Waals surface area contributed by atoms with Gasteiger partial charge < -0.3 is 9.80 Å². The first kappa shape index (κ1) is 10.8. The normalized spacial score (nSPS) is 23.9. The standard InChI is InChI=1S/C12H22N2O/c1-9(2)10-5-12(6-10)7-14(8-12)11(15)13(3)4/h9-10H,5-8H2,1-4H3. The molecule has 15 heavy (non-hydrogen) atoms. The molecule has 0 aromatic carbocycles. The summed E-state index contributed by atoms with van der Waals surface area (Å²) in [5.74, 6) is 1.72. The van der Waals surface area contributed by atoms with Crippen LogP contribution in [-0.2, 0) is 0 Å². The minimum absolute atomic E-state index is 0.175. The second-order valence-corrected chi connectivity index (χ2v) is 5.95. The molecule has 1 aliphatic carbocycles. The molecule has 1 saturated heterocycles. The molecule has 1 spiro atoms. The van der Waals surface area contributed by atoms with E-state index in [9.17, 15) is 4.79 Å². The molecule has 3 heteroatoms. The first-order valence-electron chi connectivity index (χ1n) is 5.90. The second-order valence-electron chi connectivity index (χ2n) is 5.95. The lowest BCUT2D eigenvalue weighted by Crippen LogP contribution is -2.65. The number of nitrogens with zero attached hydrogens (tertiary/aromatic N) is 2. The zero-order valence-corrected chi connectivity index (χ0v) is 10.3. The Morgan fingerprint density at radius 2 is 1.87 bits per heavy atom. The lowest BCUT2D eigenvalue weighted by molar-refractivity contribution is -0.0874. The first-order valence-corrected chi connectivity index (χ1v) is 5.90. The van der Waals surface area contributed by atoms with Gasteiger partial charge in [-0.05, 0) is 24.7 Å². The lowest BCUT2D eigenvalue weighted by atomic mass is 9.55. The highest BCUT2D eigenvalue weighted by molar-refractivity contribution is 5.75. The van der Waals surface area contributed by atoms with Crippen molar-refractivity contribution < 1.29 is 4.79 Å². The maximum absolute atomic E-state index is 11.6. The van der Waals surface area contributed by atoms with E-state index in [1.165, 1.54) is 12.8 Å². The fraction of sp³-hybridized carbons (Fsp3) is 0.917. The Kier molecular flexibility index (Phi) is 2.44. The van der Waals surface area contributed by atoms with Crippen LogP contribution in [0.2, 0.25) is 0 Å². The molecular formula is C12H22N2O. The minimum atomic E-state index is 0.175. The largest absolute Gasteiger partial charge is 0.331 e. The molecule has 86 valence electrons. The van der Waals surface area contributed by atoms with E-state index in [4.69, 9.17) is 0 Å². The van der Waals surface area contributed by atoms with Gasteiger partial charge in [0.1, 0.15) is 0 Å². The third-order valence-electron chi connectivity index (χ3n) is 4.04. The summed E-state index contributed by atoms with van der Waals surface area (Å²) < 4.78 is 0. The van der Waals surface area contributed by atoms with Crippen LogP contribution in [0, 0.1) is 17.3 Å². The third-order valence-corrected chi connectivity index (χ3v) is 4.04. The van der Waals surface area contributed by atoms with Crippen molar-refractivity contribution in [2.24, 2.45) is 17.3 Å². The van der Waals surface area contributed by atoms with E-state index >= 15 is 0 Å². The summed E-state index contributed by atoms with van der Waals surface area (Å²) in [4.78, 5) is 15.3. The van der Waals surface area contributed by atoms with Gasteiger partial charge in [-0.25, -0.2) is 4.79 Å². The molecule has 2 rings (SSSR count). The van der Waals surface area contributed by atoms with Crippen LogP contribution in [0.5, 0.6) is 0 Å². The molecule has 0 radical (unpaired) electrons. The van der Waals surface area contributed by atoms with Crippen LogP contribution in [-0.4, -0.2) is 43.0 Å². The SMILES string of the molecule is CC(C)C1CC2(C1)CN(C(=O)N(C)C)C2. The summed E-state index contributed by atoms with van der Waals surface area (Å²) in [6.45, 7) is 6.60. The van der Waals surface area contributed by atoms with Crippen molar-refractivity contribution in [3.63, 3.8) is 0 Å². The number of carbonyl (C=O) groups is 1. The topological polar surface area (TPSA) is 23.6 Å². The third kappa shape index (κ3) is 1.72. The smallest absolute Gasteiger partial charge is 0.319 e. The molecular weight excluding hydrogens is 188 g/mol. The van der Waals surface area contributed by atoms with E-state index in [0.717, 1.165) is 24.9 Å². The van der Waals surface area contributed by atoms with E-state index in [2.05, 4.69) is 13.8 Å². The number of rotatable bonds is 1. The van der Waals surface area contributed by atoms with Crippen molar-refractivity contribution in [3.8, 4) is 0 Å². The van der Waals surface area contributed by atoms with Crippen LogP contribution in [0.4, 0.5) is 4.79 Å². The van der Waals surface area contributed by atoms with Gasteiger partial charge in [-0.2, -0.15) is 0 Å². The van der Waals surface area contributed by atoms with Gasteiger partial charge in [0.25, 0.3) is 0 Å². The zero-order chi connectivity index (χ0) is 11.2. The number of likely N-dealkylation sites (tertiary alicyclic amines) is 1. The number of hydrogen-bond donors (Lipinski definition) is 0. The Bertz CT molecular complexity index is 259. The molecule has 2 amide bonds. The van der Waals surface area contributed by atoms with E-state index in [1.807, 2.05) is 19.0 Å². The number of hydrogen-bond acceptors (Lipinski definition) is 1. The Hall–Kier alpha value is -0.730. The summed E-state index contributed by atoms with van der Waals surface area (Å²) in [6.07, 6.45) is 2.67. The molecule has 0 atom stereocenters. The van der Waals surface area contributed by atoms with E-state index in [0.29, 0.717) is 5.41 Å². The van der Waals surface area contributed by atoms with Gasteiger partial charge in [0, 0.05) is 32.6 Å². The lowest BCUT2D eigenvalue weighted by Gasteiger charge is -2.60. The average Bonchev–Trinajstić information content (AvgIpc) is 1.97. The fourth-order valence-corrected chi connectivity index (χ4v) is 2.96. The Labute approximate surface area is 92.4 Å². The predicted octanol–water partition coefficient (Wildman–Crippen LogP) is 2.04. The van der Waals surface area contributed by atoms with Gasteiger partial charge >= 0.3 is 6.03 Å². The van der Waals surface area contributed by atoms with Crippen molar-refractivity contribution in [1.82, 2.24) is 9.80 Å². The van der Waals surface area contributed by atoms with Gasteiger partial charge in [0.15, 0.2) is 0 Å². The van der Waals surface area contributed by atoms with Crippen molar-refractivity contribution in [3.05, 3.63) is 0 Å². The molecule has 1 heterocycles. The van der Waals surface area contributed by atoms with Crippen molar-refractivity contribution in [2.75, 3.05) is 27.2 Å². The van der Waals surface area contributed by atoms with Gasteiger partial charge in [-0.3, -0.25) is 0 Å². The van der Waals surface area contributed by atoms with Crippen molar-refractivity contribution in [2.45, 2.75) is 26.7 Å². The van der Waals surface area contributed by atoms with Crippen LogP contribution in [0.15, 0.2) is 0 Å². The van der Waals surface area contributed by atoms with Gasteiger partial charge in [0.05, 0.1) is 0 Å². The van der Waals surface area contributed by atoms with Crippen LogP contribution in [0.25, 0.3) is 0 Å². The highest BCUT2D eigenvalue weighted by Gasteiger charge is 2.54. The number of amides is 2. The monoisotopic (exact) mass is 210 g/mol. The highest BCUT2D eigenvalue weighted by atomic mass is 16.2. The quantitative estimate of drug-likeness (QED) is 0.649. The Balaban J connectivity index is 1.78. The molecule has 0 aromatic rings. The second kappa shape index (κ2) is 3.39. The maximum Gasteiger partial charge on any atom is 0.319 e. The molecule has 3 nitrogen and oxygen atoms in total. The Morgan fingerprint density at radius 3 is 2.27 bits per heavy atom. The zero-order valence-electron chi connectivity index (χ0n) is 10.3. The molecule has 1 aliphatic heterocycles. The van der Waals surface area contributed by atoms with Crippen molar-refractivity contribution in [1.29, 1.82) is 0 Å². The molecule has 1 saturated carbocycles. The van der Waals surface area contributed by atoms with Gasteiger partial charge in [0.2, 0.25) is 0 Å². The van der Waals surface area contributed by atoms with Crippen molar-refractivity contribution >= 4 is 6.03 Å². The van der Waals surface area contributed by atoms with E-state index in [-0.39, 0.29) is 6.03 Å². The summed E-state index contributed by atoms with van der Waals surface area (Å²) in [6, 6.07) is 0.175. The highest BCUT2D eigenvalue weighted by Crippen LogP contribution is 2.54. The molecule has 0 unspecified atom stereocenters.